The van der Waals surface area contributed by atoms with E-state index < -0.39 is 5.97 Å². The second-order valence-electron chi connectivity index (χ2n) is 5.24. The van der Waals surface area contributed by atoms with Gasteiger partial charge < -0.3 is 10.1 Å². The van der Waals surface area contributed by atoms with Crippen LogP contribution in [0.3, 0.4) is 0 Å². The van der Waals surface area contributed by atoms with Crippen molar-refractivity contribution in [3.05, 3.63) is 48.3 Å². The third kappa shape index (κ3) is 4.78. The third-order valence-electron chi connectivity index (χ3n) is 3.03. The largest absolute Gasteiger partial charge is 0.462 e. The van der Waals surface area contributed by atoms with Crippen molar-refractivity contribution in [3.8, 4) is 17.3 Å². The summed E-state index contributed by atoms with van der Waals surface area (Å²) in [5, 5.41) is 16.3. The number of carbonyl (C=O) groups excluding carboxylic acids is 1. The first kappa shape index (κ1) is 17.9. The fraction of sp³-hybridized carbons (Fsp3) is 0.222. The van der Waals surface area contributed by atoms with Crippen molar-refractivity contribution < 1.29 is 9.53 Å². The summed E-state index contributed by atoms with van der Waals surface area (Å²) in [6.07, 6.45) is 3.04. The summed E-state index contributed by atoms with van der Waals surface area (Å²) in [5.41, 5.74) is 2.34. The van der Waals surface area contributed by atoms with Crippen LogP contribution in [0.2, 0.25) is 0 Å². The van der Waals surface area contributed by atoms with Crippen LogP contribution >= 0.6 is 0 Å². The van der Waals surface area contributed by atoms with E-state index in [0.29, 0.717) is 5.95 Å². The molecule has 0 atom stereocenters. The Morgan fingerprint density at radius 1 is 1.40 bits per heavy atom. The summed E-state index contributed by atoms with van der Waals surface area (Å²) >= 11 is 0. The second-order valence-corrected chi connectivity index (χ2v) is 5.24. The van der Waals surface area contributed by atoms with Crippen LogP contribution in [0, 0.1) is 11.3 Å². The second kappa shape index (κ2) is 8.45. The number of anilines is 1. The first-order valence-electron chi connectivity index (χ1n) is 7.76. The van der Waals surface area contributed by atoms with Gasteiger partial charge in [0.05, 0.1) is 18.5 Å². The van der Waals surface area contributed by atoms with Crippen LogP contribution in [0.1, 0.15) is 20.8 Å². The third-order valence-corrected chi connectivity index (χ3v) is 3.03. The molecule has 0 radical (unpaired) electrons. The molecule has 2 rings (SSSR count). The highest BCUT2D eigenvalue weighted by Crippen LogP contribution is 2.21. The Labute approximate surface area is 146 Å². The van der Waals surface area contributed by atoms with Crippen LogP contribution < -0.4 is 5.32 Å². The minimum absolute atomic E-state index is 0.144. The van der Waals surface area contributed by atoms with E-state index in [2.05, 4.69) is 15.4 Å². The minimum atomic E-state index is -0.686. The standard InChI is InChI=1S/C18H19N5O2/c1-4-25-17(24)15(10-19)11-20-18-21-16(12-23(18)22-13(2)3)14-8-6-5-7-9-14/h5-9,11-12H,4H2,1-3H3,(H,20,21)/b15-11+. The number of aromatic nitrogens is 2. The van der Waals surface area contributed by atoms with Crippen molar-refractivity contribution in [2.24, 2.45) is 5.10 Å². The normalized spacial score (nSPS) is 10.7. The molecule has 0 aliphatic carbocycles. The molecule has 1 aromatic carbocycles. The molecule has 0 aliphatic heterocycles. The summed E-state index contributed by atoms with van der Waals surface area (Å²) in [7, 11) is 0. The van der Waals surface area contributed by atoms with Gasteiger partial charge in [-0.2, -0.15) is 10.4 Å². The summed E-state index contributed by atoms with van der Waals surface area (Å²) < 4.78 is 6.39. The average molecular weight is 337 g/mol. The van der Waals surface area contributed by atoms with Gasteiger partial charge in [0.1, 0.15) is 6.07 Å². The number of ether oxygens (including phenoxy) is 1. The zero-order chi connectivity index (χ0) is 18.2. The molecule has 25 heavy (non-hydrogen) atoms. The molecule has 2 aromatic rings. The molecule has 1 heterocycles. The Hall–Kier alpha value is -3.40. The van der Waals surface area contributed by atoms with Gasteiger partial charge in [-0.3, -0.25) is 0 Å². The summed E-state index contributed by atoms with van der Waals surface area (Å²) in [6.45, 7) is 5.60. The highest BCUT2D eigenvalue weighted by atomic mass is 16.5. The molecule has 0 spiro atoms. The molecular formula is C18H19N5O2. The predicted molar refractivity (Wildman–Crippen MR) is 95.8 cm³/mol. The van der Waals surface area contributed by atoms with Gasteiger partial charge >= 0.3 is 5.97 Å². The Morgan fingerprint density at radius 2 is 2.12 bits per heavy atom. The van der Waals surface area contributed by atoms with Gasteiger partial charge in [0.25, 0.3) is 0 Å². The van der Waals surface area contributed by atoms with Crippen LogP contribution in [-0.2, 0) is 9.53 Å². The summed E-state index contributed by atoms with van der Waals surface area (Å²) in [6, 6.07) is 11.5. The fourth-order valence-corrected chi connectivity index (χ4v) is 1.99. The lowest BCUT2D eigenvalue weighted by molar-refractivity contribution is -0.138. The molecular weight excluding hydrogens is 318 g/mol. The van der Waals surface area contributed by atoms with E-state index in [4.69, 9.17) is 10.00 Å². The van der Waals surface area contributed by atoms with E-state index in [1.807, 2.05) is 44.2 Å². The molecule has 7 heteroatoms. The Kier molecular flexibility index (Phi) is 6.07. The van der Waals surface area contributed by atoms with Crippen LogP contribution in [0.4, 0.5) is 5.95 Å². The van der Waals surface area contributed by atoms with Crippen LogP contribution in [0.15, 0.2) is 53.4 Å². The van der Waals surface area contributed by atoms with Crippen LogP contribution in [0.25, 0.3) is 11.3 Å². The number of hydrogen-bond donors (Lipinski definition) is 1. The SMILES string of the molecule is CCOC(=O)/C(C#N)=C/Nc1nc(-c2ccccc2)cn1N=C(C)C. The van der Waals surface area contributed by atoms with Gasteiger partial charge in [0, 0.05) is 17.5 Å². The van der Waals surface area contributed by atoms with E-state index >= 15 is 0 Å². The molecule has 1 aromatic heterocycles. The Balaban J connectivity index is 2.36. The Morgan fingerprint density at radius 3 is 2.72 bits per heavy atom. The first-order chi connectivity index (χ1) is 12.0. The maximum absolute atomic E-state index is 11.7. The van der Waals surface area contributed by atoms with Gasteiger partial charge in [-0.05, 0) is 20.8 Å². The molecule has 0 fully saturated rings. The van der Waals surface area contributed by atoms with Crippen molar-refractivity contribution in [1.29, 1.82) is 5.26 Å². The molecule has 1 N–H and O–H groups in total. The smallest absolute Gasteiger partial charge is 0.350 e. The first-order valence-corrected chi connectivity index (χ1v) is 7.76. The van der Waals surface area contributed by atoms with Gasteiger partial charge in [-0.25, -0.2) is 14.5 Å². The van der Waals surface area contributed by atoms with Crippen molar-refractivity contribution >= 4 is 17.6 Å². The van der Waals surface area contributed by atoms with Gasteiger partial charge in [0.15, 0.2) is 5.57 Å². The topological polar surface area (TPSA) is 92.3 Å². The number of esters is 1. The number of imidazole rings is 1. The summed E-state index contributed by atoms with van der Waals surface area (Å²) in [4.78, 5) is 16.2. The van der Waals surface area contributed by atoms with Gasteiger partial charge in [-0.1, -0.05) is 30.3 Å². The Bertz CT molecular complexity index is 840. The maximum atomic E-state index is 11.7. The maximum Gasteiger partial charge on any atom is 0.350 e. The van der Waals surface area contributed by atoms with Crippen molar-refractivity contribution in [2.45, 2.75) is 20.8 Å². The number of hydrogen-bond acceptors (Lipinski definition) is 6. The van der Waals surface area contributed by atoms with Crippen molar-refractivity contribution in [1.82, 2.24) is 9.66 Å². The fourth-order valence-electron chi connectivity index (χ4n) is 1.99. The van der Waals surface area contributed by atoms with E-state index in [9.17, 15) is 4.79 Å². The molecule has 128 valence electrons. The minimum Gasteiger partial charge on any atom is -0.462 e. The number of nitrogens with one attached hydrogen (secondary N) is 1. The number of rotatable bonds is 6. The lowest BCUT2D eigenvalue weighted by Crippen LogP contribution is -2.09. The average Bonchev–Trinajstić information content (AvgIpc) is 2.98. The van der Waals surface area contributed by atoms with Crippen molar-refractivity contribution in [3.63, 3.8) is 0 Å². The van der Waals surface area contributed by atoms with E-state index in [0.717, 1.165) is 17.0 Å². The number of nitrogens with zero attached hydrogens (tertiary/aromatic N) is 4. The number of nitriles is 1. The molecule has 0 unspecified atom stereocenters. The highest BCUT2D eigenvalue weighted by molar-refractivity contribution is 5.93. The molecule has 0 saturated heterocycles. The monoisotopic (exact) mass is 337 g/mol. The van der Waals surface area contributed by atoms with Gasteiger partial charge in [-0.15, -0.1) is 0 Å². The predicted octanol–water partition coefficient (Wildman–Crippen LogP) is 3.18. The lowest BCUT2D eigenvalue weighted by atomic mass is 10.2. The van der Waals surface area contributed by atoms with E-state index in [-0.39, 0.29) is 12.2 Å². The highest BCUT2D eigenvalue weighted by Gasteiger charge is 2.12. The number of benzene rings is 1. The van der Waals surface area contributed by atoms with E-state index in [1.54, 1.807) is 23.9 Å². The van der Waals surface area contributed by atoms with Crippen LogP contribution in [0.5, 0.6) is 0 Å². The molecule has 0 amide bonds. The quantitative estimate of drug-likeness (QED) is 0.378. The number of carbonyl (C=O) groups is 1. The molecule has 0 bridgehead atoms. The summed E-state index contributed by atoms with van der Waals surface area (Å²) in [5.74, 6) is -0.300. The van der Waals surface area contributed by atoms with Crippen molar-refractivity contribution in [2.75, 3.05) is 11.9 Å². The van der Waals surface area contributed by atoms with E-state index in [1.165, 1.54) is 6.20 Å². The lowest BCUT2D eigenvalue weighted by Gasteiger charge is -2.03. The molecule has 7 nitrogen and oxygen atoms in total. The molecule has 0 saturated carbocycles. The zero-order valence-corrected chi connectivity index (χ0v) is 14.4. The zero-order valence-electron chi connectivity index (χ0n) is 14.4. The van der Waals surface area contributed by atoms with Gasteiger partial charge in [0.2, 0.25) is 5.95 Å². The van der Waals surface area contributed by atoms with Crippen LogP contribution in [-0.4, -0.2) is 27.9 Å². The molecule has 0 aliphatic rings.